The molecule has 0 spiro atoms. The second kappa shape index (κ2) is 2.16. The standard InChI is InChI=1S/C12H18/c1-2-12-6-9-3-10(7-12)5-11(4-9)8-12/h2,9-11H,1,3-8H2. The van der Waals surface area contributed by atoms with Gasteiger partial charge in [-0.05, 0) is 61.7 Å². The first kappa shape index (κ1) is 7.17. The molecule has 4 saturated carbocycles. The Morgan fingerprint density at radius 2 is 1.33 bits per heavy atom. The lowest BCUT2D eigenvalue weighted by atomic mass is 9.50. The summed E-state index contributed by atoms with van der Waals surface area (Å²) in [5.74, 6) is 3.23. The molecule has 0 atom stereocenters. The van der Waals surface area contributed by atoms with Gasteiger partial charge in [0.2, 0.25) is 0 Å². The summed E-state index contributed by atoms with van der Waals surface area (Å²) < 4.78 is 0. The van der Waals surface area contributed by atoms with E-state index in [1.165, 1.54) is 19.3 Å². The van der Waals surface area contributed by atoms with Gasteiger partial charge in [0, 0.05) is 0 Å². The molecule has 0 N–H and O–H groups in total. The van der Waals surface area contributed by atoms with Crippen LogP contribution < -0.4 is 0 Å². The lowest BCUT2D eigenvalue weighted by Crippen LogP contribution is -2.44. The van der Waals surface area contributed by atoms with Crippen molar-refractivity contribution in [2.75, 3.05) is 0 Å². The van der Waals surface area contributed by atoms with Gasteiger partial charge in [0.05, 0.1) is 0 Å². The zero-order valence-electron chi connectivity index (χ0n) is 7.76. The van der Waals surface area contributed by atoms with Gasteiger partial charge in [-0.2, -0.15) is 0 Å². The molecule has 0 aromatic carbocycles. The Morgan fingerprint density at radius 1 is 0.917 bits per heavy atom. The van der Waals surface area contributed by atoms with E-state index >= 15 is 0 Å². The summed E-state index contributed by atoms with van der Waals surface area (Å²) in [5.41, 5.74) is 0.606. The molecule has 4 fully saturated rings. The maximum absolute atomic E-state index is 4.05. The molecule has 0 heteroatoms. The van der Waals surface area contributed by atoms with Gasteiger partial charge < -0.3 is 0 Å². The zero-order chi connectivity index (χ0) is 8.18. The fourth-order valence-corrected chi connectivity index (χ4v) is 4.43. The zero-order valence-corrected chi connectivity index (χ0v) is 7.76. The van der Waals surface area contributed by atoms with Gasteiger partial charge in [-0.25, -0.2) is 0 Å². The first-order chi connectivity index (χ1) is 5.80. The van der Waals surface area contributed by atoms with Crippen LogP contribution in [0.5, 0.6) is 0 Å². The van der Waals surface area contributed by atoms with E-state index in [0.29, 0.717) is 5.41 Å². The summed E-state index contributed by atoms with van der Waals surface area (Å²) in [7, 11) is 0. The van der Waals surface area contributed by atoms with Crippen LogP contribution in [0.2, 0.25) is 0 Å². The van der Waals surface area contributed by atoms with Crippen molar-refractivity contribution in [3.8, 4) is 0 Å². The SMILES string of the molecule is C=CC12CC3CC(CC(C3)C1)C2. The Bertz CT molecular complexity index is 179. The molecule has 0 aliphatic heterocycles. The molecular weight excluding hydrogens is 144 g/mol. The van der Waals surface area contributed by atoms with Gasteiger partial charge in [0.1, 0.15) is 0 Å². The third kappa shape index (κ3) is 0.841. The van der Waals surface area contributed by atoms with E-state index in [4.69, 9.17) is 0 Å². The highest BCUT2D eigenvalue weighted by Crippen LogP contribution is 2.60. The molecule has 0 nitrogen and oxygen atoms in total. The highest BCUT2D eigenvalue weighted by molar-refractivity contribution is 5.08. The van der Waals surface area contributed by atoms with Crippen LogP contribution in [0.25, 0.3) is 0 Å². The number of rotatable bonds is 1. The Hall–Kier alpha value is -0.260. The average Bonchev–Trinajstić information content (AvgIpc) is 2.02. The molecule has 66 valence electrons. The van der Waals surface area contributed by atoms with E-state index in [9.17, 15) is 0 Å². The highest BCUT2D eigenvalue weighted by Gasteiger charge is 2.49. The predicted molar refractivity (Wildman–Crippen MR) is 50.8 cm³/mol. The molecule has 0 radical (unpaired) electrons. The molecule has 4 bridgehead atoms. The van der Waals surface area contributed by atoms with Crippen molar-refractivity contribution in [2.24, 2.45) is 23.2 Å². The van der Waals surface area contributed by atoms with Crippen LogP contribution in [0.15, 0.2) is 12.7 Å². The summed E-state index contributed by atoms with van der Waals surface area (Å²) in [4.78, 5) is 0. The van der Waals surface area contributed by atoms with Crippen molar-refractivity contribution in [3.63, 3.8) is 0 Å². The van der Waals surface area contributed by atoms with Crippen LogP contribution >= 0.6 is 0 Å². The maximum Gasteiger partial charge on any atom is -0.0113 e. The van der Waals surface area contributed by atoms with Crippen molar-refractivity contribution in [2.45, 2.75) is 38.5 Å². The van der Waals surface area contributed by atoms with Crippen molar-refractivity contribution < 1.29 is 0 Å². The summed E-state index contributed by atoms with van der Waals surface area (Å²) in [5, 5.41) is 0. The minimum Gasteiger partial charge on any atom is -0.103 e. The molecule has 0 amide bonds. The second-order valence-electron chi connectivity index (χ2n) is 5.48. The Labute approximate surface area is 75.0 Å². The molecule has 0 aromatic heterocycles. The average molecular weight is 162 g/mol. The molecular formula is C12H18. The third-order valence-electron chi connectivity index (χ3n) is 4.52. The Balaban J connectivity index is 1.95. The molecule has 4 aliphatic carbocycles. The monoisotopic (exact) mass is 162 g/mol. The first-order valence-electron chi connectivity index (χ1n) is 5.43. The Kier molecular flexibility index (Phi) is 1.29. The van der Waals surface area contributed by atoms with E-state index in [-0.39, 0.29) is 0 Å². The van der Waals surface area contributed by atoms with E-state index < -0.39 is 0 Å². The second-order valence-corrected chi connectivity index (χ2v) is 5.48. The molecule has 0 aromatic rings. The van der Waals surface area contributed by atoms with Crippen molar-refractivity contribution >= 4 is 0 Å². The lowest BCUT2D eigenvalue weighted by molar-refractivity contribution is -0.0235. The van der Waals surface area contributed by atoms with Crippen LogP contribution in [-0.4, -0.2) is 0 Å². The van der Waals surface area contributed by atoms with Gasteiger partial charge in [-0.15, -0.1) is 6.58 Å². The minimum atomic E-state index is 0.606. The smallest absolute Gasteiger partial charge is 0.0113 e. The van der Waals surface area contributed by atoms with Crippen molar-refractivity contribution in [1.29, 1.82) is 0 Å². The number of hydrogen-bond donors (Lipinski definition) is 0. The van der Waals surface area contributed by atoms with Gasteiger partial charge in [0.25, 0.3) is 0 Å². The van der Waals surface area contributed by atoms with Gasteiger partial charge in [-0.1, -0.05) is 6.08 Å². The van der Waals surface area contributed by atoms with E-state index in [1.807, 2.05) is 0 Å². The van der Waals surface area contributed by atoms with Crippen molar-refractivity contribution in [3.05, 3.63) is 12.7 Å². The largest absolute Gasteiger partial charge is 0.103 e. The molecule has 0 saturated heterocycles. The molecule has 0 heterocycles. The summed E-state index contributed by atoms with van der Waals surface area (Å²) in [6.45, 7) is 4.05. The Morgan fingerprint density at radius 3 is 1.67 bits per heavy atom. The van der Waals surface area contributed by atoms with Gasteiger partial charge >= 0.3 is 0 Å². The summed E-state index contributed by atoms with van der Waals surface area (Å²) >= 11 is 0. The lowest BCUT2D eigenvalue weighted by Gasteiger charge is -2.55. The fourth-order valence-electron chi connectivity index (χ4n) is 4.43. The fraction of sp³-hybridized carbons (Fsp3) is 0.833. The minimum absolute atomic E-state index is 0.606. The quantitative estimate of drug-likeness (QED) is 0.518. The van der Waals surface area contributed by atoms with Gasteiger partial charge in [-0.3, -0.25) is 0 Å². The number of hydrogen-bond acceptors (Lipinski definition) is 0. The number of allylic oxidation sites excluding steroid dienone is 1. The summed E-state index contributed by atoms with van der Waals surface area (Å²) in [6.07, 6.45) is 11.4. The summed E-state index contributed by atoms with van der Waals surface area (Å²) in [6, 6.07) is 0. The normalized spacial score (nSPS) is 55.8. The predicted octanol–water partition coefficient (Wildman–Crippen LogP) is 3.39. The van der Waals surface area contributed by atoms with Crippen LogP contribution in [0, 0.1) is 23.2 Å². The van der Waals surface area contributed by atoms with Gasteiger partial charge in [0.15, 0.2) is 0 Å². The van der Waals surface area contributed by atoms with Crippen LogP contribution in [0.3, 0.4) is 0 Å². The van der Waals surface area contributed by atoms with E-state index in [0.717, 1.165) is 17.8 Å². The maximum atomic E-state index is 4.05. The van der Waals surface area contributed by atoms with E-state index in [2.05, 4.69) is 12.7 Å². The van der Waals surface area contributed by atoms with Crippen LogP contribution in [0.1, 0.15) is 38.5 Å². The topological polar surface area (TPSA) is 0 Å². The highest BCUT2D eigenvalue weighted by atomic mass is 14.5. The van der Waals surface area contributed by atoms with E-state index in [1.54, 1.807) is 19.3 Å². The molecule has 0 unspecified atom stereocenters. The third-order valence-corrected chi connectivity index (χ3v) is 4.52. The molecule has 4 aliphatic rings. The van der Waals surface area contributed by atoms with Crippen LogP contribution in [0.4, 0.5) is 0 Å². The van der Waals surface area contributed by atoms with Crippen molar-refractivity contribution in [1.82, 2.24) is 0 Å². The first-order valence-corrected chi connectivity index (χ1v) is 5.43. The van der Waals surface area contributed by atoms with Crippen LogP contribution in [-0.2, 0) is 0 Å². The molecule has 4 rings (SSSR count). The molecule has 12 heavy (non-hydrogen) atoms.